The summed E-state index contributed by atoms with van der Waals surface area (Å²) < 4.78 is 16.6. The van der Waals surface area contributed by atoms with Gasteiger partial charge in [-0.25, -0.2) is 0 Å². The lowest BCUT2D eigenvalue weighted by atomic mass is 9.92. The Morgan fingerprint density at radius 3 is 2.19 bits per heavy atom. The van der Waals surface area contributed by atoms with E-state index in [1.165, 1.54) is 0 Å². The SMILES string of the molecule is CCOC(=O)[C@H]1C[C@@H](OCCOC(=O)[C@@H]2C[C@H](O)[C@@H]3C[C@]23C)[C@H]2C[C@@]12C. The van der Waals surface area contributed by atoms with Crippen molar-refractivity contribution in [1.82, 2.24) is 0 Å². The normalized spacial score (nSPS) is 47.8. The van der Waals surface area contributed by atoms with Crippen LogP contribution >= 0.6 is 0 Å². The lowest BCUT2D eigenvalue weighted by molar-refractivity contribution is -0.153. The van der Waals surface area contributed by atoms with Gasteiger partial charge in [-0.1, -0.05) is 13.8 Å². The van der Waals surface area contributed by atoms with Crippen molar-refractivity contribution >= 4 is 11.9 Å². The molecule has 0 aromatic carbocycles. The largest absolute Gasteiger partial charge is 0.466 e. The van der Waals surface area contributed by atoms with Gasteiger partial charge in [0.05, 0.1) is 37.3 Å². The monoisotopic (exact) mass is 366 g/mol. The van der Waals surface area contributed by atoms with Gasteiger partial charge in [0, 0.05) is 0 Å². The van der Waals surface area contributed by atoms with E-state index in [0.717, 1.165) is 12.8 Å². The van der Waals surface area contributed by atoms with Crippen LogP contribution in [0.5, 0.6) is 0 Å². The summed E-state index contributed by atoms with van der Waals surface area (Å²) in [5.74, 6) is 0.0933. The van der Waals surface area contributed by atoms with Crippen LogP contribution in [0.1, 0.15) is 46.5 Å². The first-order chi connectivity index (χ1) is 12.3. The van der Waals surface area contributed by atoms with Crippen LogP contribution in [0.2, 0.25) is 0 Å². The minimum absolute atomic E-state index is 0.0170. The maximum absolute atomic E-state index is 12.3. The molecule has 0 spiro atoms. The zero-order valence-electron chi connectivity index (χ0n) is 15.9. The van der Waals surface area contributed by atoms with E-state index < -0.39 is 0 Å². The lowest BCUT2D eigenvalue weighted by Gasteiger charge is -2.19. The topological polar surface area (TPSA) is 82.1 Å². The molecule has 0 amide bonds. The Morgan fingerprint density at radius 1 is 0.962 bits per heavy atom. The zero-order chi connectivity index (χ0) is 18.7. The van der Waals surface area contributed by atoms with Crippen LogP contribution in [0.25, 0.3) is 0 Å². The van der Waals surface area contributed by atoms with E-state index in [0.29, 0.717) is 32.0 Å². The second kappa shape index (κ2) is 6.20. The Labute approximate surface area is 154 Å². The Bertz CT molecular complexity index is 605. The third-order valence-electron chi connectivity index (χ3n) is 7.66. The third kappa shape index (κ3) is 2.76. The van der Waals surface area contributed by atoms with Crippen LogP contribution in [-0.2, 0) is 23.8 Å². The van der Waals surface area contributed by atoms with Crippen molar-refractivity contribution in [2.24, 2.45) is 34.5 Å². The molecule has 0 aliphatic heterocycles. The highest BCUT2D eigenvalue weighted by molar-refractivity contribution is 5.75. The molecule has 8 atom stereocenters. The van der Waals surface area contributed by atoms with E-state index in [4.69, 9.17) is 14.2 Å². The van der Waals surface area contributed by atoms with E-state index in [9.17, 15) is 14.7 Å². The van der Waals surface area contributed by atoms with E-state index in [1.807, 2.05) is 6.92 Å². The maximum Gasteiger partial charge on any atom is 0.309 e. The molecule has 1 N–H and O–H groups in total. The Hall–Kier alpha value is -1.14. The van der Waals surface area contributed by atoms with Gasteiger partial charge in [-0.3, -0.25) is 9.59 Å². The Kier molecular flexibility index (Phi) is 4.35. The summed E-state index contributed by atoms with van der Waals surface area (Å²) in [6, 6.07) is 0. The van der Waals surface area contributed by atoms with Gasteiger partial charge in [-0.15, -0.1) is 0 Å². The molecule has 0 unspecified atom stereocenters. The number of carbonyl (C=O) groups is 2. The number of carbonyl (C=O) groups excluding carboxylic acids is 2. The van der Waals surface area contributed by atoms with Gasteiger partial charge in [0.25, 0.3) is 0 Å². The molecule has 0 aromatic heterocycles. The van der Waals surface area contributed by atoms with Crippen LogP contribution in [0, 0.1) is 34.5 Å². The van der Waals surface area contributed by atoms with Crippen molar-refractivity contribution < 1.29 is 28.9 Å². The summed E-state index contributed by atoms with van der Waals surface area (Å²) >= 11 is 0. The minimum Gasteiger partial charge on any atom is -0.466 e. The number of ether oxygens (including phenoxy) is 3. The highest BCUT2D eigenvalue weighted by Crippen LogP contribution is 2.67. The summed E-state index contributed by atoms with van der Waals surface area (Å²) in [4.78, 5) is 24.4. The summed E-state index contributed by atoms with van der Waals surface area (Å²) in [5.41, 5.74) is -0.0470. The molecule has 6 nitrogen and oxygen atoms in total. The molecule has 0 heterocycles. The highest BCUT2D eigenvalue weighted by atomic mass is 16.6. The van der Waals surface area contributed by atoms with Crippen molar-refractivity contribution in [3.8, 4) is 0 Å². The van der Waals surface area contributed by atoms with Crippen LogP contribution < -0.4 is 0 Å². The van der Waals surface area contributed by atoms with Crippen molar-refractivity contribution in [3.05, 3.63) is 0 Å². The quantitative estimate of drug-likeness (QED) is 0.548. The average molecular weight is 366 g/mol. The second-order valence-electron chi connectivity index (χ2n) is 9.11. The Balaban J connectivity index is 1.20. The zero-order valence-corrected chi connectivity index (χ0v) is 15.9. The maximum atomic E-state index is 12.3. The summed E-state index contributed by atoms with van der Waals surface area (Å²) in [6.07, 6.45) is 2.82. The molecule has 6 heteroatoms. The predicted molar refractivity (Wildman–Crippen MR) is 92.0 cm³/mol. The van der Waals surface area contributed by atoms with Crippen LogP contribution in [0.4, 0.5) is 0 Å². The van der Waals surface area contributed by atoms with Gasteiger partial charge in [0.15, 0.2) is 0 Å². The first-order valence-electron chi connectivity index (χ1n) is 9.94. The van der Waals surface area contributed by atoms with Crippen LogP contribution in [0.3, 0.4) is 0 Å². The van der Waals surface area contributed by atoms with Crippen LogP contribution in [-0.4, -0.2) is 49.1 Å². The van der Waals surface area contributed by atoms with Gasteiger partial charge in [0.1, 0.15) is 6.61 Å². The standard InChI is InChI=1S/C20H30O6/c1-4-24-17(22)12-8-16(14-10-20(12,14)3)25-5-6-26-18(23)11-7-15(21)13-9-19(11,13)2/h11-16,21H,4-10H2,1-3H3/t11-,12+,13-,14+,15-,16+,19+,20-/m0/s1. The number of aliphatic hydroxyl groups excluding tert-OH is 1. The van der Waals surface area contributed by atoms with Gasteiger partial charge >= 0.3 is 11.9 Å². The highest BCUT2D eigenvalue weighted by Gasteiger charge is 2.67. The van der Waals surface area contributed by atoms with E-state index >= 15 is 0 Å². The fourth-order valence-corrected chi connectivity index (χ4v) is 5.70. The van der Waals surface area contributed by atoms with Gasteiger partial charge < -0.3 is 19.3 Å². The molecular formula is C20H30O6. The van der Waals surface area contributed by atoms with E-state index in [2.05, 4.69) is 13.8 Å². The second-order valence-corrected chi connectivity index (χ2v) is 9.11. The van der Waals surface area contributed by atoms with Crippen molar-refractivity contribution in [1.29, 1.82) is 0 Å². The van der Waals surface area contributed by atoms with Crippen molar-refractivity contribution in [2.45, 2.75) is 58.7 Å². The molecule has 4 saturated carbocycles. The van der Waals surface area contributed by atoms with Crippen molar-refractivity contribution in [3.63, 3.8) is 0 Å². The molecule has 146 valence electrons. The summed E-state index contributed by atoms with van der Waals surface area (Å²) in [6.45, 7) is 7.03. The number of rotatable bonds is 7. The van der Waals surface area contributed by atoms with Gasteiger partial charge in [-0.05, 0) is 55.3 Å². The number of hydrogen-bond donors (Lipinski definition) is 1. The summed E-state index contributed by atoms with van der Waals surface area (Å²) in [5, 5.41) is 9.93. The molecule has 0 saturated heterocycles. The number of aliphatic hydroxyl groups is 1. The van der Waals surface area contributed by atoms with Gasteiger partial charge in [0.2, 0.25) is 0 Å². The fourth-order valence-electron chi connectivity index (χ4n) is 5.70. The number of esters is 2. The molecule has 4 fully saturated rings. The lowest BCUT2D eigenvalue weighted by Crippen LogP contribution is -2.26. The number of fused-ring (bicyclic) bond motifs is 2. The summed E-state index contributed by atoms with van der Waals surface area (Å²) in [7, 11) is 0. The fraction of sp³-hybridized carbons (Fsp3) is 0.900. The first kappa shape index (κ1) is 18.2. The minimum atomic E-state index is -0.361. The third-order valence-corrected chi connectivity index (χ3v) is 7.66. The molecule has 4 rings (SSSR count). The van der Waals surface area contributed by atoms with Crippen molar-refractivity contribution in [2.75, 3.05) is 19.8 Å². The number of hydrogen-bond acceptors (Lipinski definition) is 6. The molecular weight excluding hydrogens is 336 g/mol. The van der Waals surface area contributed by atoms with Crippen LogP contribution in [0.15, 0.2) is 0 Å². The Morgan fingerprint density at radius 2 is 1.58 bits per heavy atom. The molecule has 0 aromatic rings. The average Bonchev–Trinajstić information content (AvgIpc) is 3.42. The molecule has 26 heavy (non-hydrogen) atoms. The molecule has 4 aliphatic carbocycles. The van der Waals surface area contributed by atoms with E-state index in [1.54, 1.807) is 0 Å². The molecule has 0 radical (unpaired) electrons. The smallest absolute Gasteiger partial charge is 0.309 e. The van der Waals surface area contributed by atoms with E-state index in [-0.39, 0.29) is 59.3 Å². The first-order valence-corrected chi connectivity index (χ1v) is 9.94. The molecule has 0 bridgehead atoms. The molecule has 4 aliphatic rings. The predicted octanol–water partition coefficient (Wildman–Crippen LogP) is 1.93. The van der Waals surface area contributed by atoms with Gasteiger partial charge in [-0.2, -0.15) is 0 Å².